The lowest BCUT2D eigenvalue weighted by molar-refractivity contribution is -0.137. The molecule has 8 heteroatoms. The molecule has 0 aliphatic rings. The van der Waals surface area contributed by atoms with Crippen LogP contribution in [0.2, 0.25) is 0 Å². The second-order valence-electron chi connectivity index (χ2n) is 7.12. The summed E-state index contributed by atoms with van der Waals surface area (Å²) < 4.78 is 1.67. The number of aromatic nitrogens is 4. The lowest BCUT2D eigenvalue weighted by Crippen LogP contribution is -2.37. The van der Waals surface area contributed by atoms with E-state index in [1.807, 2.05) is 44.2 Å². The van der Waals surface area contributed by atoms with Gasteiger partial charge in [0.1, 0.15) is 6.33 Å². The van der Waals surface area contributed by atoms with Crippen LogP contribution in [0.5, 0.6) is 0 Å². The number of aliphatic carboxylic acids is 1. The standard InChI is InChI=1S/C21H25N5O3/c1-14-18(15(2)26-21(24-14)22-13-23-26)9-10-19(27)25-17(8-11-20(28)29)12-16-6-4-3-5-7-16/h3-7,13,17H,8-12H2,1-2H3,(H,25,27)(H,28,29). The number of rotatable bonds is 9. The molecule has 1 atom stereocenters. The van der Waals surface area contributed by atoms with Gasteiger partial charge < -0.3 is 10.4 Å². The highest BCUT2D eigenvalue weighted by atomic mass is 16.4. The van der Waals surface area contributed by atoms with Crippen molar-refractivity contribution in [3.8, 4) is 0 Å². The molecule has 0 aliphatic carbocycles. The molecule has 0 spiro atoms. The van der Waals surface area contributed by atoms with E-state index in [-0.39, 0.29) is 18.4 Å². The molecule has 3 aromatic rings. The molecule has 8 nitrogen and oxygen atoms in total. The largest absolute Gasteiger partial charge is 0.481 e. The third-order valence-corrected chi connectivity index (χ3v) is 4.99. The third kappa shape index (κ3) is 5.37. The Labute approximate surface area is 169 Å². The van der Waals surface area contributed by atoms with E-state index in [1.54, 1.807) is 4.52 Å². The average Bonchev–Trinajstić information content (AvgIpc) is 3.15. The Morgan fingerprint density at radius 2 is 1.93 bits per heavy atom. The zero-order valence-electron chi connectivity index (χ0n) is 16.6. The van der Waals surface area contributed by atoms with Crippen molar-refractivity contribution in [2.45, 2.75) is 52.0 Å². The van der Waals surface area contributed by atoms with E-state index in [1.165, 1.54) is 6.33 Å². The first-order valence-electron chi connectivity index (χ1n) is 9.65. The van der Waals surface area contributed by atoms with Gasteiger partial charge in [0.25, 0.3) is 5.78 Å². The SMILES string of the molecule is Cc1nc2ncnn2c(C)c1CCC(=O)NC(CCC(=O)O)Cc1ccccc1. The minimum atomic E-state index is -0.865. The molecule has 2 heterocycles. The van der Waals surface area contributed by atoms with E-state index in [4.69, 9.17) is 5.11 Å². The maximum Gasteiger partial charge on any atom is 0.303 e. The van der Waals surface area contributed by atoms with Gasteiger partial charge in [-0.1, -0.05) is 30.3 Å². The number of carboxylic acid groups (broad SMARTS) is 1. The molecule has 152 valence electrons. The summed E-state index contributed by atoms with van der Waals surface area (Å²) in [5, 5.41) is 16.2. The summed E-state index contributed by atoms with van der Waals surface area (Å²) in [6, 6.07) is 9.53. The molecule has 0 saturated carbocycles. The highest BCUT2D eigenvalue weighted by Gasteiger charge is 2.17. The topological polar surface area (TPSA) is 109 Å². The summed E-state index contributed by atoms with van der Waals surface area (Å²) in [6.07, 6.45) is 3.29. The Hall–Kier alpha value is -3.29. The number of amides is 1. The van der Waals surface area contributed by atoms with E-state index in [0.29, 0.717) is 31.5 Å². The number of hydrogen-bond acceptors (Lipinski definition) is 5. The molecular formula is C21H25N5O3. The molecule has 3 rings (SSSR count). The van der Waals surface area contributed by atoms with Gasteiger partial charge in [-0.15, -0.1) is 0 Å². The Bertz CT molecular complexity index is 1000. The van der Waals surface area contributed by atoms with Crippen LogP contribution in [0, 0.1) is 13.8 Å². The van der Waals surface area contributed by atoms with Crippen molar-refractivity contribution in [1.82, 2.24) is 24.9 Å². The maximum absolute atomic E-state index is 12.6. The van der Waals surface area contributed by atoms with Gasteiger partial charge in [0, 0.05) is 30.3 Å². The predicted molar refractivity (Wildman–Crippen MR) is 108 cm³/mol. The molecule has 1 amide bonds. The van der Waals surface area contributed by atoms with Crippen LogP contribution in [0.1, 0.15) is 41.8 Å². The first kappa shape index (κ1) is 20.4. The average molecular weight is 395 g/mol. The summed E-state index contributed by atoms with van der Waals surface area (Å²) in [6.45, 7) is 3.84. The minimum absolute atomic E-state index is 0.0167. The number of fused-ring (bicyclic) bond motifs is 1. The van der Waals surface area contributed by atoms with Crippen molar-refractivity contribution in [3.63, 3.8) is 0 Å². The molecule has 0 saturated heterocycles. The van der Waals surface area contributed by atoms with E-state index >= 15 is 0 Å². The highest BCUT2D eigenvalue weighted by molar-refractivity contribution is 5.76. The van der Waals surface area contributed by atoms with Crippen LogP contribution in [0.3, 0.4) is 0 Å². The Kier molecular flexibility index (Phi) is 6.54. The summed E-state index contributed by atoms with van der Waals surface area (Å²) in [5.41, 5.74) is 3.80. The van der Waals surface area contributed by atoms with Crippen molar-refractivity contribution in [2.24, 2.45) is 0 Å². The number of carboxylic acids is 1. The van der Waals surface area contributed by atoms with Gasteiger partial charge >= 0.3 is 5.97 Å². The van der Waals surface area contributed by atoms with Gasteiger partial charge in [-0.2, -0.15) is 10.1 Å². The second kappa shape index (κ2) is 9.27. The molecule has 1 unspecified atom stereocenters. The van der Waals surface area contributed by atoms with Crippen LogP contribution in [-0.2, 0) is 22.4 Å². The van der Waals surface area contributed by atoms with Crippen LogP contribution >= 0.6 is 0 Å². The predicted octanol–water partition coefficient (Wildman–Crippen LogP) is 2.27. The van der Waals surface area contributed by atoms with E-state index in [9.17, 15) is 9.59 Å². The van der Waals surface area contributed by atoms with Crippen LogP contribution in [0.4, 0.5) is 0 Å². The normalized spacial score (nSPS) is 12.1. The molecule has 0 radical (unpaired) electrons. The van der Waals surface area contributed by atoms with Crippen molar-refractivity contribution in [1.29, 1.82) is 0 Å². The first-order valence-corrected chi connectivity index (χ1v) is 9.65. The number of nitrogens with zero attached hydrogens (tertiary/aromatic N) is 4. The number of carbonyl (C=O) groups is 2. The maximum atomic E-state index is 12.6. The number of nitrogens with one attached hydrogen (secondary N) is 1. The van der Waals surface area contributed by atoms with Crippen LogP contribution in [-0.4, -0.2) is 42.6 Å². The fourth-order valence-corrected chi connectivity index (χ4v) is 3.48. The molecule has 1 aromatic carbocycles. The summed E-state index contributed by atoms with van der Waals surface area (Å²) in [7, 11) is 0. The number of aryl methyl sites for hydroxylation is 2. The Morgan fingerprint density at radius 1 is 1.17 bits per heavy atom. The zero-order valence-corrected chi connectivity index (χ0v) is 16.6. The van der Waals surface area contributed by atoms with Crippen LogP contribution < -0.4 is 5.32 Å². The third-order valence-electron chi connectivity index (χ3n) is 4.99. The van der Waals surface area contributed by atoms with Crippen molar-refractivity contribution in [2.75, 3.05) is 0 Å². The lowest BCUT2D eigenvalue weighted by Gasteiger charge is -2.19. The zero-order chi connectivity index (χ0) is 20.8. The molecule has 2 aromatic heterocycles. The lowest BCUT2D eigenvalue weighted by atomic mass is 10.0. The molecular weight excluding hydrogens is 370 g/mol. The molecule has 2 N–H and O–H groups in total. The van der Waals surface area contributed by atoms with E-state index in [2.05, 4.69) is 20.4 Å². The number of carbonyl (C=O) groups excluding carboxylic acids is 1. The smallest absolute Gasteiger partial charge is 0.303 e. The molecule has 29 heavy (non-hydrogen) atoms. The molecule has 0 aliphatic heterocycles. The van der Waals surface area contributed by atoms with Crippen LogP contribution in [0.15, 0.2) is 36.7 Å². The van der Waals surface area contributed by atoms with Gasteiger partial charge in [0.2, 0.25) is 5.91 Å². The minimum Gasteiger partial charge on any atom is -0.481 e. The summed E-state index contributed by atoms with van der Waals surface area (Å²) in [4.78, 5) is 32.1. The highest BCUT2D eigenvalue weighted by Crippen LogP contribution is 2.15. The fraction of sp³-hybridized carbons (Fsp3) is 0.381. The van der Waals surface area contributed by atoms with E-state index in [0.717, 1.165) is 22.5 Å². The fourth-order valence-electron chi connectivity index (χ4n) is 3.48. The Morgan fingerprint density at radius 3 is 2.66 bits per heavy atom. The molecule has 0 bridgehead atoms. The number of hydrogen-bond donors (Lipinski definition) is 2. The van der Waals surface area contributed by atoms with Crippen molar-refractivity contribution >= 4 is 17.7 Å². The first-order chi connectivity index (χ1) is 13.9. The van der Waals surface area contributed by atoms with Gasteiger partial charge in [-0.25, -0.2) is 9.50 Å². The quantitative estimate of drug-likeness (QED) is 0.575. The van der Waals surface area contributed by atoms with Gasteiger partial charge in [0.05, 0.1) is 0 Å². The van der Waals surface area contributed by atoms with Crippen molar-refractivity contribution in [3.05, 3.63) is 59.2 Å². The molecule has 0 fully saturated rings. The van der Waals surface area contributed by atoms with Gasteiger partial charge in [-0.3, -0.25) is 9.59 Å². The Balaban J connectivity index is 1.64. The monoisotopic (exact) mass is 395 g/mol. The van der Waals surface area contributed by atoms with E-state index < -0.39 is 5.97 Å². The summed E-state index contributed by atoms with van der Waals surface area (Å²) >= 11 is 0. The summed E-state index contributed by atoms with van der Waals surface area (Å²) in [5.74, 6) is -0.422. The van der Waals surface area contributed by atoms with Gasteiger partial charge in [-0.05, 0) is 44.2 Å². The second-order valence-corrected chi connectivity index (χ2v) is 7.12. The van der Waals surface area contributed by atoms with Crippen molar-refractivity contribution < 1.29 is 14.7 Å². The van der Waals surface area contributed by atoms with Gasteiger partial charge in [0.15, 0.2) is 0 Å². The van der Waals surface area contributed by atoms with Crippen LogP contribution in [0.25, 0.3) is 5.78 Å². The number of benzene rings is 1.